The van der Waals surface area contributed by atoms with Gasteiger partial charge in [0.15, 0.2) is 0 Å². The highest BCUT2D eigenvalue weighted by Gasteiger charge is 2.07. The van der Waals surface area contributed by atoms with E-state index in [-0.39, 0.29) is 18.4 Å². The minimum Gasteiger partial charge on any atom is -0.397 e. The minimum atomic E-state index is 0. The molecular formula is C13H15Cl2N3. The Morgan fingerprint density at radius 2 is 2.11 bits per heavy atom. The molecule has 1 atom stereocenters. The van der Waals surface area contributed by atoms with Gasteiger partial charge in [0.05, 0.1) is 17.4 Å². The van der Waals surface area contributed by atoms with Crippen molar-refractivity contribution in [3.63, 3.8) is 0 Å². The van der Waals surface area contributed by atoms with Gasteiger partial charge in [0, 0.05) is 17.4 Å². The SMILES string of the molecule is CC(Nc1cc(Cl)ccc1N)c1cccnc1.Cl. The van der Waals surface area contributed by atoms with Crippen LogP contribution in [-0.4, -0.2) is 4.98 Å². The fraction of sp³-hybridized carbons (Fsp3) is 0.154. The standard InChI is InChI=1S/C13H14ClN3.ClH/c1-9(10-3-2-6-16-8-10)17-13-7-11(14)4-5-12(13)15;/h2-9,17H,15H2,1H3;1H. The molecule has 96 valence electrons. The van der Waals surface area contributed by atoms with Crippen molar-refractivity contribution in [2.45, 2.75) is 13.0 Å². The van der Waals surface area contributed by atoms with E-state index in [9.17, 15) is 0 Å². The van der Waals surface area contributed by atoms with Crippen LogP contribution in [-0.2, 0) is 0 Å². The third-order valence-electron chi connectivity index (χ3n) is 2.57. The van der Waals surface area contributed by atoms with Crippen LogP contribution in [0.2, 0.25) is 5.02 Å². The molecule has 1 aromatic heterocycles. The summed E-state index contributed by atoms with van der Waals surface area (Å²) in [6, 6.07) is 9.45. The predicted octanol–water partition coefficient (Wildman–Crippen LogP) is 3.91. The molecule has 0 saturated carbocycles. The highest BCUT2D eigenvalue weighted by atomic mass is 35.5. The Labute approximate surface area is 118 Å². The highest BCUT2D eigenvalue weighted by Crippen LogP contribution is 2.26. The molecule has 0 aliphatic carbocycles. The molecule has 3 nitrogen and oxygen atoms in total. The Morgan fingerprint density at radius 3 is 2.78 bits per heavy atom. The molecule has 0 aliphatic heterocycles. The van der Waals surface area contributed by atoms with E-state index in [4.69, 9.17) is 17.3 Å². The van der Waals surface area contributed by atoms with Crippen molar-refractivity contribution >= 4 is 35.4 Å². The highest BCUT2D eigenvalue weighted by molar-refractivity contribution is 6.31. The average molecular weight is 284 g/mol. The van der Waals surface area contributed by atoms with Crippen molar-refractivity contribution in [1.29, 1.82) is 0 Å². The van der Waals surface area contributed by atoms with Crippen LogP contribution in [0.3, 0.4) is 0 Å². The van der Waals surface area contributed by atoms with Crippen molar-refractivity contribution in [3.8, 4) is 0 Å². The zero-order valence-corrected chi connectivity index (χ0v) is 11.5. The van der Waals surface area contributed by atoms with Crippen LogP contribution in [0.5, 0.6) is 0 Å². The van der Waals surface area contributed by atoms with E-state index in [1.165, 1.54) is 0 Å². The lowest BCUT2D eigenvalue weighted by Gasteiger charge is -2.17. The van der Waals surface area contributed by atoms with Gasteiger partial charge in [-0.1, -0.05) is 17.7 Å². The predicted molar refractivity (Wildman–Crippen MR) is 79.4 cm³/mol. The van der Waals surface area contributed by atoms with Gasteiger partial charge in [0.1, 0.15) is 0 Å². The van der Waals surface area contributed by atoms with Crippen LogP contribution in [0.15, 0.2) is 42.7 Å². The number of nitrogens with zero attached hydrogens (tertiary/aromatic N) is 1. The normalized spacial score (nSPS) is 11.4. The maximum Gasteiger partial charge on any atom is 0.0593 e. The molecule has 0 aliphatic rings. The molecule has 0 amide bonds. The molecule has 0 bridgehead atoms. The maximum atomic E-state index is 5.94. The number of aromatic nitrogens is 1. The molecule has 3 N–H and O–H groups in total. The fourth-order valence-corrected chi connectivity index (χ4v) is 1.77. The van der Waals surface area contributed by atoms with Gasteiger partial charge in [-0.3, -0.25) is 4.98 Å². The third kappa shape index (κ3) is 3.52. The number of benzene rings is 1. The maximum absolute atomic E-state index is 5.94. The first-order chi connectivity index (χ1) is 8.16. The van der Waals surface area contributed by atoms with Crippen LogP contribution < -0.4 is 11.1 Å². The molecule has 18 heavy (non-hydrogen) atoms. The topological polar surface area (TPSA) is 50.9 Å². The second-order valence-electron chi connectivity index (χ2n) is 3.88. The van der Waals surface area contributed by atoms with E-state index >= 15 is 0 Å². The van der Waals surface area contributed by atoms with E-state index in [1.807, 2.05) is 24.4 Å². The summed E-state index contributed by atoms with van der Waals surface area (Å²) in [6.07, 6.45) is 3.59. The average Bonchev–Trinajstić information content (AvgIpc) is 2.35. The molecule has 2 aromatic rings. The van der Waals surface area contributed by atoms with E-state index < -0.39 is 0 Å². The summed E-state index contributed by atoms with van der Waals surface area (Å²) in [7, 11) is 0. The Bertz CT molecular complexity index is 503. The lowest BCUT2D eigenvalue weighted by molar-refractivity contribution is 0.876. The summed E-state index contributed by atoms with van der Waals surface area (Å²) in [5.74, 6) is 0. The fourth-order valence-electron chi connectivity index (χ4n) is 1.60. The number of halogens is 2. The first-order valence-electron chi connectivity index (χ1n) is 5.38. The van der Waals surface area contributed by atoms with Crippen LogP contribution in [0, 0.1) is 0 Å². The Morgan fingerprint density at radius 1 is 1.33 bits per heavy atom. The number of hydrogen-bond donors (Lipinski definition) is 2. The van der Waals surface area contributed by atoms with E-state index in [2.05, 4.69) is 17.2 Å². The van der Waals surface area contributed by atoms with E-state index in [0.717, 1.165) is 11.3 Å². The number of rotatable bonds is 3. The van der Waals surface area contributed by atoms with Gasteiger partial charge in [-0.15, -0.1) is 12.4 Å². The minimum absolute atomic E-state index is 0. The number of nitrogens with one attached hydrogen (secondary N) is 1. The molecule has 5 heteroatoms. The van der Waals surface area contributed by atoms with E-state index in [0.29, 0.717) is 10.7 Å². The summed E-state index contributed by atoms with van der Waals surface area (Å²) in [5.41, 5.74) is 8.51. The number of anilines is 2. The Balaban J connectivity index is 0.00000162. The van der Waals surface area contributed by atoms with Gasteiger partial charge in [0.2, 0.25) is 0 Å². The van der Waals surface area contributed by atoms with Crippen LogP contribution in [0.1, 0.15) is 18.5 Å². The summed E-state index contributed by atoms with van der Waals surface area (Å²) >= 11 is 5.94. The number of nitrogen functional groups attached to an aromatic ring is 1. The monoisotopic (exact) mass is 283 g/mol. The third-order valence-corrected chi connectivity index (χ3v) is 2.81. The molecule has 0 fully saturated rings. The van der Waals surface area contributed by atoms with Crippen LogP contribution in [0.25, 0.3) is 0 Å². The molecule has 0 spiro atoms. The molecule has 1 unspecified atom stereocenters. The summed E-state index contributed by atoms with van der Waals surface area (Å²) in [6.45, 7) is 2.05. The van der Waals surface area contributed by atoms with Crippen molar-refractivity contribution in [1.82, 2.24) is 4.98 Å². The van der Waals surface area contributed by atoms with Gasteiger partial charge in [-0.25, -0.2) is 0 Å². The molecule has 1 aromatic carbocycles. The molecular weight excluding hydrogens is 269 g/mol. The molecule has 2 rings (SSSR count). The zero-order chi connectivity index (χ0) is 12.3. The number of nitrogens with two attached hydrogens (primary N) is 1. The lowest BCUT2D eigenvalue weighted by atomic mass is 10.1. The van der Waals surface area contributed by atoms with Gasteiger partial charge in [-0.05, 0) is 36.8 Å². The summed E-state index contributed by atoms with van der Waals surface area (Å²) in [5, 5.41) is 3.98. The lowest BCUT2D eigenvalue weighted by Crippen LogP contribution is -2.08. The van der Waals surface area contributed by atoms with Crippen LogP contribution in [0.4, 0.5) is 11.4 Å². The second-order valence-corrected chi connectivity index (χ2v) is 4.32. The van der Waals surface area contributed by atoms with Crippen molar-refractivity contribution in [2.75, 3.05) is 11.1 Å². The summed E-state index contributed by atoms with van der Waals surface area (Å²) in [4.78, 5) is 4.09. The quantitative estimate of drug-likeness (QED) is 0.840. The van der Waals surface area contributed by atoms with Crippen molar-refractivity contribution in [3.05, 3.63) is 53.3 Å². The zero-order valence-electron chi connectivity index (χ0n) is 9.93. The van der Waals surface area contributed by atoms with Crippen molar-refractivity contribution < 1.29 is 0 Å². The number of pyridine rings is 1. The van der Waals surface area contributed by atoms with Crippen molar-refractivity contribution in [2.24, 2.45) is 0 Å². The second kappa shape index (κ2) is 6.47. The van der Waals surface area contributed by atoms with E-state index in [1.54, 1.807) is 18.3 Å². The smallest absolute Gasteiger partial charge is 0.0593 e. The summed E-state index contributed by atoms with van der Waals surface area (Å²) < 4.78 is 0. The number of hydrogen-bond acceptors (Lipinski definition) is 3. The molecule has 0 radical (unpaired) electrons. The van der Waals surface area contributed by atoms with Gasteiger partial charge in [-0.2, -0.15) is 0 Å². The van der Waals surface area contributed by atoms with Gasteiger partial charge < -0.3 is 11.1 Å². The molecule has 1 heterocycles. The Kier molecular flexibility index (Phi) is 5.25. The largest absolute Gasteiger partial charge is 0.397 e. The first-order valence-corrected chi connectivity index (χ1v) is 5.76. The Hall–Kier alpha value is -1.45. The molecule has 0 saturated heterocycles. The first kappa shape index (κ1) is 14.6. The van der Waals surface area contributed by atoms with Crippen LogP contribution >= 0.6 is 24.0 Å². The van der Waals surface area contributed by atoms with Gasteiger partial charge >= 0.3 is 0 Å². The van der Waals surface area contributed by atoms with Gasteiger partial charge in [0.25, 0.3) is 0 Å².